The molecule has 1 rings (SSSR count). The Hall–Kier alpha value is -1.84. The summed E-state index contributed by atoms with van der Waals surface area (Å²) in [5.74, 6) is -1.21. The maximum Gasteiger partial charge on any atom is 0.309 e. The topological polar surface area (TPSA) is 66.4 Å². The van der Waals surface area contributed by atoms with Gasteiger partial charge in [0, 0.05) is 6.42 Å². The lowest BCUT2D eigenvalue weighted by molar-refractivity contribution is -0.149. The molecule has 1 amide bonds. The van der Waals surface area contributed by atoms with Crippen LogP contribution in [0.25, 0.3) is 0 Å². The summed E-state index contributed by atoms with van der Waals surface area (Å²) in [5.41, 5.74) is 1.10. The van der Waals surface area contributed by atoms with Gasteiger partial charge in [-0.2, -0.15) is 0 Å². The lowest BCUT2D eigenvalue weighted by Crippen LogP contribution is -2.34. The minimum Gasteiger partial charge on any atom is -0.481 e. The minimum atomic E-state index is -1.05. The number of carbonyl (C=O) groups excluding carboxylic acids is 1. The molecule has 104 valence electrons. The van der Waals surface area contributed by atoms with E-state index in [1.54, 1.807) is 13.8 Å². The van der Waals surface area contributed by atoms with Gasteiger partial charge in [-0.3, -0.25) is 9.59 Å². The smallest absolute Gasteiger partial charge is 0.309 e. The number of carbonyl (C=O) groups is 2. The number of hydrogen-bond donors (Lipinski definition) is 2. The zero-order chi connectivity index (χ0) is 14.6. The third kappa shape index (κ3) is 4.09. The van der Waals surface area contributed by atoms with Crippen molar-refractivity contribution in [2.45, 2.75) is 40.2 Å². The molecule has 2 N–H and O–H groups in total. The van der Waals surface area contributed by atoms with E-state index >= 15 is 0 Å². The van der Waals surface area contributed by atoms with Gasteiger partial charge in [0.05, 0.1) is 11.5 Å². The quantitative estimate of drug-likeness (QED) is 0.858. The monoisotopic (exact) mass is 263 g/mol. The lowest BCUT2D eigenvalue weighted by atomic mass is 9.89. The third-order valence-corrected chi connectivity index (χ3v) is 3.21. The maximum atomic E-state index is 11.9. The normalized spacial score (nSPS) is 12.8. The summed E-state index contributed by atoms with van der Waals surface area (Å²) in [5, 5.41) is 11.9. The van der Waals surface area contributed by atoms with Crippen molar-refractivity contribution < 1.29 is 14.7 Å². The van der Waals surface area contributed by atoms with Crippen molar-refractivity contribution in [2.24, 2.45) is 5.41 Å². The van der Waals surface area contributed by atoms with Gasteiger partial charge in [0.25, 0.3) is 0 Å². The van der Waals surface area contributed by atoms with Gasteiger partial charge in [0.15, 0.2) is 0 Å². The van der Waals surface area contributed by atoms with Crippen LogP contribution >= 0.6 is 0 Å². The number of aryl methyl sites for hydroxylation is 1. The fourth-order valence-electron chi connectivity index (χ4n) is 1.92. The van der Waals surface area contributed by atoms with Crippen LogP contribution in [0.5, 0.6) is 0 Å². The third-order valence-electron chi connectivity index (χ3n) is 3.21. The highest BCUT2D eigenvalue weighted by molar-refractivity contribution is 5.84. The van der Waals surface area contributed by atoms with E-state index in [1.165, 1.54) is 0 Å². The van der Waals surface area contributed by atoms with Crippen LogP contribution in [-0.2, 0) is 9.59 Å². The molecular weight excluding hydrogens is 242 g/mol. The number of benzene rings is 1. The van der Waals surface area contributed by atoms with Crippen molar-refractivity contribution in [1.82, 2.24) is 5.32 Å². The van der Waals surface area contributed by atoms with E-state index in [0.29, 0.717) is 0 Å². The molecule has 1 aromatic carbocycles. The largest absolute Gasteiger partial charge is 0.481 e. The first-order valence-electron chi connectivity index (χ1n) is 6.32. The Morgan fingerprint density at radius 1 is 1.32 bits per heavy atom. The number of nitrogens with one attached hydrogen (secondary N) is 1. The van der Waals surface area contributed by atoms with Crippen LogP contribution in [0.15, 0.2) is 24.3 Å². The molecule has 0 spiro atoms. The van der Waals surface area contributed by atoms with Gasteiger partial charge in [-0.25, -0.2) is 0 Å². The Labute approximate surface area is 113 Å². The Bertz CT molecular complexity index is 480. The van der Waals surface area contributed by atoms with Gasteiger partial charge in [0.2, 0.25) is 5.91 Å². The predicted octanol–water partition coefficient (Wildman–Crippen LogP) is 2.67. The van der Waals surface area contributed by atoms with Gasteiger partial charge in [-0.1, -0.05) is 24.3 Å². The van der Waals surface area contributed by atoms with Crippen LogP contribution in [0.1, 0.15) is 44.4 Å². The van der Waals surface area contributed by atoms with Gasteiger partial charge < -0.3 is 10.4 Å². The zero-order valence-electron chi connectivity index (χ0n) is 11.9. The van der Waals surface area contributed by atoms with Crippen LogP contribution < -0.4 is 5.32 Å². The maximum absolute atomic E-state index is 11.9. The Balaban J connectivity index is 2.68. The zero-order valence-corrected chi connectivity index (χ0v) is 11.9. The van der Waals surface area contributed by atoms with E-state index in [0.717, 1.165) is 11.1 Å². The first-order chi connectivity index (χ1) is 8.74. The fourth-order valence-corrected chi connectivity index (χ4v) is 1.92. The number of carboxylic acid groups (broad SMARTS) is 1. The highest BCUT2D eigenvalue weighted by atomic mass is 16.4. The van der Waals surface area contributed by atoms with Gasteiger partial charge in [0.1, 0.15) is 0 Å². The van der Waals surface area contributed by atoms with Gasteiger partial charge in [-0.15, -0.1) is 0 Å². The molecule has 0 aliphatic carbocycles. The number of hydrogen-bond acceptors (Lipinski definition) is 2. The predicted molar refractivity (Wildman–Crippen MR) is 73.8 cm³/mol. The molecule has 0 aliphatic rings. The summed E-state index contributed by atoms with van der Waals surface area (Å²) < 4.78 is 0. The van der Waals surface area contributed by atoms with E-state index in [9.17, 15) is 9.59 Å². The number of amides is 1. The molecule has 4 nitrogen and oxygen atoms in total. The first kappa shape index (κ1) is 15.2. The van der Waals surface area contributed by atoms with Crippen molar-refractivity contribution in [2.75, 3.05) is 0 Å². The molecule has 1 aromatic rings. The average molecular weight is 263 g/mol. The highest BCUT2D eigenvalue weighted by Gasteiger charge is 2.30. The van der Waals surface area contributed by atoms with E-state index < -0.39 is 11.4 Å². The second kappa shape index (κ2) is 5.87. The average Bonchev–Trinajstić information content (AvgIpc) is 2.28. The molecule has 0 aromatic heterocycles. The molecule has 0 bridgehead atoms. The molecule has 0 saturated carbocycles. The van der Waals surface area contributed by atoms with Crippen LogP contribution in [0.2, 0.25) is 0 Å². The summed E-state index contributed by atoms with van der Waals surface area (Å²) >= 11 is 0. The summed E-state index contributed by atoms with van der Waals surface area (Å²) in [7, 11) is 0. The molecule has 0 radical (unpaired) electrons. The summed E-state index contributed by atoms with van der Waals surface area (Å²) in [4.78, 5) is 22.9. The first-order valence-corrected chi connectivity index (χ1v) is 6.32. The molecule has 0 saturated heterocycles. The number of aliphatic carboxylic acids is 1. The standard InChI is InChI=1S/C15H21NO3/c1-10-7-5-6-8-12(10)11(2)16-13(17)9-15(3,4)14(18)19/h5-8,11H,9H2,1-4H3,(H,16,17)(H,18,19)/t11-/m0/s1. The van der Waals surface area contributed by atoms with E-state index in [2.05, 4.69) is 5.32 Å². The van der Waals surface area contributed by atoms with Gasteiger partial charge in [-0.05, 0) is 38.8 Å². The lowest BCUT2D eigenvalue weighted by Gasteiger charge is -2.21. The molecule has 19 heavy (non-hydrogen) atoms. The van der Waals surface area contributed by atoms with Crippen molar-refractivity contribution in [3.05, 3.63) is 35.4 Å². The Morgan fingerprint density at radius 3 is 2.42 bits per heavy atom. The molecule has 0 fully saturated rings. The summed E-state index contributed by atoms with van der Waals surface area (Å²) in [6.45, 7) is 6.98. The second-order valence-electron chi connectivity index (χ2n) is 5.51. The van der Waals surface area contributed by atoms with Crippen LogP contribution in [-0.4, -0.2) is 17.0 Å². The molecule has 4 heteroatoms. The molecule has 0 aliphatic heterocycles. The molecule has 0 unspecified atom stereocenters. The minimum absolute atomic E-state index is 0.0292. The van der Waals surface area contributed by atoms with Crippen LogP contribution in [0.4, 0.5) is 0 Å². The SMILES string of the molecule is Cc1ccccc1[C@H](C)NC(=O)CC(C)(C)C(=O)O. The Kier molecular flexibility index (Phi) is 4.70. The summed E-state index contributed by atoms with van der Waals surface area (Å²) in [6, 6.07) is 7.69. The Morgan fingerprint density at radius 2 is 1.89 bits per heavy atom. The van der Waals surface area contributed by atoms with E-state index in [1.807, 2.05) is 38.1 Å². The number of rotatable bonds is 5. The van der Waals surface area contributed by atoms with Crippen molar-refractivity contribution in [1.29, 1.82) is 0 Å². The van der Waals surface area contributed by atoms with E-state index in [4.69, 9.17) is 5.11 Å². The van der Waals surface area contributed by atoms with Crippen LogP contribution in [0.3, 0.4) is 0 Å². The highest BCUT2D eigenvalue weighted by Crippen LogP contribution is 2.22. The van der Waals surface area contributed by atoms with Crippen LogP contribution in [0, 0.1) is 12.3 Å². The molecular formula is C15H21NO3. The molecule has 0 heterocycles. The summed E-state index contributed by atoms with van der Waals surface area (Å²) in [6.07, 6.45) is -0.0292. The molecule has 1 atom stereocenters. The number of carboxylic acids is 1. The fraction of sp³-hybridized carbons (Fsp3) is 0.467. The van der Waals surface area contributed by atoms with Crippen molar-refractivity contribution in [3.63, 3.8) is 0 Å². The van der Waals surface area contributed by atoms with Crippen molar-refractivity contribution >= 4 is 11.9 Å². The van der Waals surface area contributed by atoms with Crippen molar-refractivity contribution in [3.8, 4) is 0 Å². The van der Waals surface area contributed by atoms with E-state index in [-0.39, 0.29) is 18.4 Å². The van der Waals surface area contributed by atoms with Gasteiger partial charge >= 0.3 is 5.97 Å². The second-order valence-corrected chi connectivity index (χ2v) is 5.51.